The lowest BCUT2D eigenvalue weighted by Gasteiger charge is -2.12. The third-order valence-corrected chi connectivity index (χ3v) is 2.75. The summed E-state index contributed by atoms with van der Waals surface area (Å²) in [5.74, 6) is -0.335. The second-order valence-corrected chi connectivity index (χ2v) is 4.23. The Labute approximate surface area is 104 Å². The quantitative estimate of drug-likeness (QED) is 0.909. The summed E-state index contributed by atoms with van der Waals surface area (Å²) in [7, 11) is 0. The molecule has 0 aliphatic carbocycles. The van der Waals surface area contributed by atoms with E-state index in [-0.39, 0.29) is 5.82 Å². The van der Waals surface area contributed by atoms with E-state index in [4.69, 9.17) is 17.3 Å². The van der Waals surface area contributed by atoms with Crippen molar-refractivity contribution in [3.63, 3.8) is 0 Å². The van der Waals surface area contributed by atoms with Gasteiger partial charge in [-0.3, -0.25) is 4.98 Å². The lowest BCUT2D eigenvalue weighted by molar-refractivity contribution is 0.578. The van der Waals surface area contributed by atoms with Gasteiger partial charge < -0.3 is 5.73 Å². The van der Waals surface area contributed by atoms with E-state index in [2.05, 4.69) is 4.98 Å². The Morgan fingerprint density at radius 1 is 1.29 bits per heavy atom. The van der Waals surface area contributed by atoms with Gasteiger partial charge in [-0.1, -0.05) is 17.7 Å². The Bertz CT molecular complexity index is 502. The maximum Gasteiger partial charge on any atom is 0.128 e. The molecule has 0 aliphatic heterocycles. The number of nitrogens with zero attached hydrogens (tertiary/aromatic N) is 1. The first-order valence-electron chi connectivity index (χ1n) is 5.27. The molecular weight excluding hydrogens is 239 g/mol. The molecule has 0 saturated heterocycles. The highest BCUT2D eigenvalue weighted by Crippen LogP contribution is 2.22. The van der Waals surface area contributed by atoms with Crippen LogP contribution >= 0.6 is 11.6 Å². The third-order valence-electron chi connectivity index (χ3n) is 2.51. The molecule has 4 heteroatoms. The van der Waals surface area contributed by atoms with Crippen molar-refractivity contribution in [2.24, 2.45) is 5.73 Å². The van der Waals surface area contributed by atoms with Crippen LogP contribution in [-0.2, 0) is 6.42 Å². The third kappa shape index (κ3) is 3.02. The number of hydrogen-bond donors (Lipinski definition) is 1. The molecule has 88 valence electrons. The van der Waals surface area contributed by atoms with Gasteiger partial charge in [0, 0.05) is 34.9 Å². The Morgan fingerprint density at radius 3 is 2.82 bits per heavy atom. The van der Waals surface area contributed by atoms with E-state index in [0.717, 1.165) is 5.69 Å². The number of benzene rings is 1. The van der Waals surface area contributed by atoms with Crippen LogP contribution in [0.25, 0.3) is 0 Å². The van der Waals surface area contributed by atoms with Gasteiger partial charge in [0.05, 0.1) is 0 Å². The minimum Gasteiger partial charge on any atom is -0.324 e. The fourth-order valence-corrected chi connectivity index (χ4v) is 1.83. The molecule has 0 saturated carbocycles. The highest BCUT2D eigenvalue weighted by Gasteiger charge is 2.13. The van der Waals surface area contributed by atoms with Crippen LogP contribution in [0.5, 0.6) is 0 Å². The average molecular weight is 251 g/mol. The number of halogens is 2. The van der Waals surface area contributed by atoms with Crippen LogP contribution in [0.2, 0.25) is 5.02 Å². The predicted octanol–water partition coefficient (Wildman–Crippen LogP) is 3.12. The summed E-state index contributed by atoms with van der Waals surface area (Å²) >= 11 is 5.83. The van der Waals surface area contributed by atoms with Crippen molar-refractivity contribution >= 4 is 11.6 Å². The Kier molecular flexibility index (Phi) is 3.71. The lowest BCUT2D eigenvalue weighted by Crippen LogP contribution is -2.15. The topological polar surface area (TPSA) is 38.9 Å². The van der Waals surface area contributed by atoms with Crippen LogP contribution in [0, 0.1) is 5.82 Å². The maximum absolute atomic E-state index is 13.6. The second kappa shape index (κ2) is 5.25. The number of hydrogen-bond acceptors (Lipinski definition) is 2. The van der Waals surface area contributed by atoms with Crippen molar-refractivity contribution in [3.8, 4) is 0 Å². The zero-order chi connectivity index (χ0) is 12.3. The van der Waals surface area contributed by atoms with Gasteiger partial charge in [-0.25, -0.2) is 4.39 Å². The first-order chi connectivity index (χ1) is 8.16. The Balaban J connectivity index is 2.20. The molecule has 0 amide bonds. The van der Waals surface area contributed by atoms with Crippen LogP contribution in [0.15, 0.2) is 42.6 Å². The van der Waals surface area contributed by atoms with Gasteiger partial charge in [-0.15, -0.1) is 0 Å². The molecule has 0 radical (unpaired) electrons. The predicted molar refractivity (Wildman–Crippen MR) is 66.3 cm³/mol. The molecule has 1 aromatic heterocycles. The molecule has 0 aliphatic rings. The van der Waals surface area contributed by atoms with Crippen molar-refractivity contribution in [2.45, 2.75) is 12.5 Å². The fraction of sp³-hybridized carbons (Fsp3) is 0.154. The minimum atomic E-state index is -0.441. The summed E-state index contributed by atoms with van der Waals surface area (Å²) in [5, 5.41) is 0.484. The molecule has 2 nitrogen and oxygen atoms in total. The van der Waals surface area contributed by atoms with E-state index in [1.165, 1.54) is 12.1 Å². The standard InChI is InChI=1S/C13H12ClFN2/c14-9-4-5-12(15)11(7-9)13(16)8-10-3-1-2-6-17-10/h1-7,13H,8,16H2. The molecular formula is C13H12ClFN2. The van der Waals surface area contributed by atoms with Crippen LogP contribution in [-0.4, -0.2) is 4.98 Å². The summed E-state index contributed by atoms with van der Waals surface area (Å²) in [5.41, 5.74) is 7.21. The monoisotopic (exact) mass is 250 g/mol. The number of pyridine rings is 1. The van der Waals surface area contributed by atoms with E-state index < -0.39 is 6.04 Å². The van der Waals surface area contributed by atoms with Crippen molar-refractivity contribution in [1.29, 1.82) is 0 Å². The molecule has 2 rings (SSSR count). The molecule has 17 heavy (non-hydrogen) atoms. The summed E-state index contributed by atoms with van der Waals surface area (Å²) in [6.45, 7) is 0. The van der Waals surface area contributed by atoms with Gasteiger partial charge in [0.1, 0.15) is 5.82 Å². The van der Waals surface area contributed by atoms with Gasteiger partial charge >= 0.3 is 0 Å². The van der Waals surface area contributed by atoms with Crippen molar-refractivity contribution in [3.05, 3.63) is 64.7 Å². The minimum absolute atomic E-state index is 0.335. The molecule has 0 bridgehead atoms. The summed E-state index contributed by atoms with van der Waals surface area (Å²) in [6, 6.07) is 9.53. The molecule has 2 N–H and O–H groups in total. The molecule has 1 unspecified atom stereocenters. The molecule has 2 aromatic rings. The molecule has 1 atom stereocenters. The van der Waals surface area contributed by atoms with Crippen molar-refractivity contribution < 1.29 is 4.39 Å². The zero-order valence-corrected chi connectivity index (χ0v) is 9.86. The molecule has 0 fully saturated rings. The molecule has 1 aromatic carbocycles. The summed E-state index contributed by atoms with van der Waals surface area (Å²) in [4.78, 5) is 4.16. The van der Waals surface area contributed by atoms with E-state index in [1.807, 2.05) is 18.2 Å². The van der Waals surface area contributed by atoms with E-state index in [9.17, 15) is 4.39 Å². The van der Waals surface area contributed by atoms with Gasteiger partial charge in [0.15, 0.2) is 0 Å². The summed E-state index contributed by atoms with van der Waals surface area (Å²) < 4.78 is 13.6. The highest BCUT2D eigenvalue weighted by atomic mass is 35.5. The van der Waals surface area contributed by atoms with E-state index in [1.54, 1.807) is 12.3 Å². The van der Waals surface area contributed by atoms with E-state index >= 15 is 0 Å². The van der Waals surface area contributed by atoms with Crippen molar-refractivity contribution in [1.82, 2.24) is 4.98 Å². The molecule has 0 spiro atoms. The van der Waals surface area contributed by atoms with Gasteiger partial charge in [-0.05, 0) is 30.3 Å². The first kappa shape index (κ1) is 12.0. The normalized spacial score (nSPS) is 12.4. The summed E-state index contributed by atoms with van der Waals surface area (Å²) in [6.07, 6.45) is 2.18. The SMILES string of the molecule is NC(Cc1ccccn1)c1cc(Cl)ccc1F. The fourth-order valence-electron chi connectivity index (χ4n) is 1.65. The lowest BCUT2D eigenvalue weighted by atomic mass is 10.0. The van der Waals surface area contributed by atoms with Crippen LogP contribution in [0.4, 0.5) is 4.39 Å². The average Bonchev–Trinajstić information content (AvgIpc) is 2.33. The van der Waals surface area contributed by atoms with Crippen LogP contribution < -0.4 is 5.73 Å². The Morgan fingerprint density at radius 2 is 2.12 bits per heavy atom. The van der Waals surface area contributed by atoms with Gasteiger partial charge in [0.2, 0.25) is 0 Å². The van der Waals surface area contributed by atoms with Crippen LogP contribution in [0.3, 0.4) is 0 Å². The zero-order valence-electron chi connectivity index (χ0n) is 9.11. The largest absolute Gasteiger partial charge is 0.324 e. The number of rotatable bonds is 3. The van der Waals surface area contributed by atoms with Gasteiger partial charge in [-0.2, -0.15) is 0 Å². The second-order valence-electron chi connectivity index (χ2n) is 3.80. The molecule has 1 heterocycles. The van der Waals surface area contributed by atoms with E-state index in [0.29, 0.717) is 17.0 Å². The van der Waals surface area contributed by atoms with Crippen molar-refractivity contribution in [2.75, 3.05) is 0 Å². The highest BCUT2D eigenvalue weighted by molar-refractivity contribution is 6.30. The van der Waals surface area contributed by atoms with Crippen LogP contribution in [0.1, 0.15) is 17.3 Å². The number of nitrogens with two attached hydrogens (primary N) is 1. The van der Waals surface area contributed by atoms with Gasteiger partial charge in [0.25, 0.3) is 0 Å². The smallest absolute Gasteiger partial charge is 0.128 e. The number of aromatic nitrogens is 1. The Hall–Kier alpha value is -1.45. The first-order valence-corrected chi connectivity index (χ1v) is 5.65. The maximum atomic E-state index is 13.6.